The fraction of sp³-hybridized carbons (Fsp3) is 0.200. The SMILES string of the molecule is c1ncc2c(n1)CNNNS2. The van der Waals surface area contributed by atoms with E-state index in [1.165, 1.54) is 11.9 Å². The monoisotopic (exact) mass is 169 g/mol. The number of aromatic nitrogens is 2. The number of rotatable bonds is 0. The molecule has 0 saturated heterocycles. The predicted molar refractivity (Wildman–Crippen MR) is 41.0 cm³/mol. The van der Waals surface area contributed by atoms with Crippen LogP contribution < -0.4 is 15.8 Å². The van der Waals surface area contributed by atoms with Crippen molar-refractivity contribution in [2.45, 2.75) is 11.4 Å². The molecule has 0 aliphatic carbocycles. The van der Waals surface area contributed by atoms with Gasteiger partial charge in [-0.1, -0.05) is 0 Å². The summed E-state index contributed by atoms with van der Waals surface area (Å²) >= 11 is 1.46. The lowest BCUT2D eigenvalue weighted by Crippen LogP contribution is -2.36. The summed E-state index contributed by atoms with van der Waals surface area (Å²) in [4.78, 5) is 11.9. The molecule has 0 aromatic carbocycles. The summed E-state index contributed by atoms with van der Waals surface area (Å²) in [6.45, 7) is 0.706. The Balaban J connectivity index is 2.33. The largest absolute Gasteiger partial charge is 0.244 e. The van der Waals surface area contributed by atoms with Crippen LogP contribution in [-0.2, 0) is 6.54 Å². The van der Waals surface area contributed by atoms with Crippen LogP contribution in [0.2, 0.25) is 0 Å². The van der Waals surface area contributed by atoms with Crippen LogP contribution >= 0.6 is 11.9 Å². The number of nitrogens with zero attached hydrogens (tertiary/aromatic N) is 2. The van der Waals surface area contributed by atoms with Crippen molar-refractivity contribution in [1.82, 2.24) is 25.8 Å². The van der Waals surface area contributed by atoms with E-state index in [1.54, 1.807) is 12.5 Å². The molecule has 0 bridgehead atoms. The molecule has 6 heteroatoms. The van der Waals surface area contributed by atoms with E-state index < -0.39 is 0 Å². The smallest absolute Gasteiger partial charge is 0.115 e. The van der Waals surface area contributed by atoms with Crippen molar-refractivity contribution >= 4 is 11.9 Å². The molecule has 0 unspecified atom stereocenters. The van der Waals surface area contributed by atoms with E-state index in [2.05, 4.69) is 25.8 Å². The number of hydrogen-bond acceptors (Lipinski definition) is 6. The second-order valence-corrected chi connectivity index (χ2v) is 2.86. The minimum Gasteiger partial charge on any atom is -0.244 e. The minimum absolute atomic E-state index is 0.706. The highest BCUT2D eigenvalue weighted by Crippen LogP contribution is 2.16. The lowest BCUT2D eigenvalue weighted by atomic mass is 10.4. The summed E-state index contributed by atoms with van der Waals surface area (Å²) in [5.41, 5.74) is 6.72. The average Bonchev–Trinajstić information content (AvgIpc) is 2.28. The molecule has 0 radical (unpaired) electrons. The summed E-state index contributed by atoms with van der Waals surface area (Å²) in [6.07, 6.45) is 3.33. The van der Waals surface area contributed by atoms with Gasteiger partial charge < -0.3 is 0 Å². The topological polar surface area (TPSA) is 61.9 Å². The molecule has 2 rings (SSSR count). The first-order valence-electron chi connectivity index (χ1n) is 3.15. The van der Waals surface area contributed by atoms with Crippen LogP contribution in [0.5, 0.6) is 0 Å². The number of hydrazine groups is 2. The van der Waals surface area contributed by atoms with Gasteiger partial charge in [-0.3, -0.25) is 0 Å². The molecule has 0 atom stereocenters. The summed E-state index contributed by atoms with van der Waals surface area (Å²) in [7, 11) is 0. The van der Waals surface area contributed by atoms with E-state index in [0.717, 1.165) is 10.6 Å². The van der Waals surface area contributed by atoms with Crippen molar-refractivity contribution in [3.05, 3.63) is 18.2 Å². The molecule has 0 fully saturated rings. The first kappa shape index (κ1) is 6.99. The van der Waals surface area contributed by atoms with E-state index >= 15 is 0 Å². The van der Waals surface area contributed by atoms with Gasteiger partial charge in [0.05, 0.1) is 17.1 Å². The average molecular weight is 169 g/mol. The van der Waals surface area contributed by atoms with Crippen LogP contribution in [0.3, 0.4) is 0 Å². The van der Waals surface area contributed by atoms with Gasteiger partial charge in [0.2, 0.25) is 0 Å². The lowest BCUT2D eigenvalue weighted by Gasteiger charge is -1.98. The second-order valence-electron chi connectivity index (χ2n) is 2.02. The maximum Gasteiger partial charge on any atom is 0.115 e. The fourth-order valence-electron chi connectivity index (χ4n) is 0.805. The van der Waals surface area contributed by atoms with Crippen LogP contribution in [0.15, 0.2) is 17.4 Å². The van der Waals surface area contributed by atoms with Gasteiger partial charge in [0, 0.05) is 6.20 Å². The van der Waals surface area contributed by atoms with Crippen molar-refractivity contribution in [3.8, 4) is 0 Å². The summed E-state index contributed by atoms with van der Waals surface area (Å²) < 4.78 is 0. The molecule has 0 spiro atoms. The van der Waals surface area contributed by atoms with Gasteiger partial charge in [-0.15, -0.1) is 0 Å². The standard InChI is InChI=1S/C5H7N5S/c1-4-5(2-6-3-7-4)11-10-9-8-1/h2-3,8-10H,1H2. The molecule has 58 valence electrons. The van der Waals surface area contributed by atoms with Crippen molar-refractivity contribution in [1.29, 1.82) is 0 Å². The Bertz CT molecular complexity index is 227. The molecule has 0 saturated carbocycles. The van der Waals surface area contributed by atoms with Crippen LogP contribution in [-0.4, -0.2) is 9.97 Å². The molecule has 11 heavy (non-hydrogen) atoms. The zero-order valence-corrected chi connectivity index (χ0v) is 6.48. The molecule has 5 nitrogen and oxygen atoms in total. The van der Waals surface area contributed by atoms with Crippen LogP contribution in [0, 0.1) is 0 Å². The van der Waals surface area contributed by atoms with Crippen molar-refractivity contribution < 1.29 is 0 Å². The van der Waals surface area contributed by atoms with Crippen molar-refractivity contribution in [3.63, 3.8) is 0 Å². The molecule has 3 N–H and O–H groups in total. The molecular weight excluding hydrogens is 162 g/mol. The van der Waals surface area contributed by atoms with Gasteiger partial charge in [0.1, 0.15) is 6.33 Å². The van der Waals surface area contributed by atoms with Crippen LogP contribution in [0.1, 0.15) is 5.69 Å². The third kappa shape index (κ3) is 1.48. The third-order valence-corrected chi connectivity index (χ3v) is 2.08. The van der Waals surface area contributed by atoms with Crippen LogP contribution in [0.25, 0.3) is 0 Å². The summed E-state index contributed by atoms with van der Waals surface area (Å²) in [6, 6.07) is 0. The molecular formula is C5H7N5S. The van der Waals surface area contributed by atoms with Gasteiger partial charge in [-0.25, -0.2) is 15.4 Å². The lowest BCUT2D eigenvalue weighted by molar-refractivity contribution is 0.520. The Morgan fingerprint density at radius 3 is 3.55 bits per heavy atom. The normalized spacial score (nSPS) is 17.1. The predicted octanol–water partition coefficient (Wildman–Crippen LogP) is -0.404. The zero-order chi connectivity index (χ0) is 7.52. The molecule has 1 aromatic heterocycles. The van der Waals surface area contributed by atoms with E-state index in [9.17, 15) is 0 Å². The fourth-order valence-corrected chi connectivity index (χ4v) is 1.39. The Labute approximate surface area is 68.1 Å². The minimum atomic E-state index is 0.706. The van der Waals surface area contributed by atoms with E-state index in [0.29, 0.717) is 6.54 Å². The van der Waals surface area contributed by atoms with Gasteiger partial charge in [0.15, 0.2) is 0 Å². The maximum atomic E-state index is 4.10. The van der Waals surface area contributed by atoms with E-state index in [-0.39, 0.29) is 0 Å². The van der Waals surface area contributed by atoms with Gasteiger partial charge >= 0.3 is 0 Å². The van der Waals surface area contributed by atoms with Crippen molar-refractivity contribution in [2.75, 3.05) is 0 Å². The number of nitrogens with one attached hydrogen (secondary N) is 3. The molecule has 1 aromatic rings. The Morgan fingerprint density at radius 2 is 2.55 bits per heavy atom. The van der Waals surface area contributed by atoms with E-state index in [1.807, 2.05) is 0 Å². The van der Waals surface area contributed by atoms with Gasteiger partial charge in [0.25, 0.3) is 0 Å². The van der Waals surface area contributed by atoms with Gasteiger partial charge in [-0.05, 0) is 11.9 Å². The molecule has 1 aliphatic heterocycles. The third-order valence-electron chi connectivity index (χ3n) is 1.31. The number of fused-ring (bicyclic) bond motifs is 1. The maximum absolute atomic E-state index is 4.10. The Morgan fingerprint density at radius 1 is 1.55 bits per heavy atom. The highest BCUT2D eigenvalue weighted by atomic mass is 32.2. The zero-order valence-electron chi connectivity index (χ0n) is 5.66. The second kappa shape index (κ2) is 3.14. The number of hydrogen-bond donors (Lipinski definition) is 3. The highest BCUT2D eigenvalue weighted by molar-refractivity contribution is 7.97. The Kier molecular flexibility index (Phi) is 1.99. The van der Waals surface area contributed by atoms with E-state index in [4.69, 9.17) is 0 Å². The highest BCUT2D eigenvalue weighted by Gasteiger charge is 2.06. The molecule has 2 heterocycles. The quantitative estimate of drug-likeness (QED) is 0.459. The molecule has 0 amide bonds. The van der Waals surface area contributed by atoms with Crippen LogP contribution in [0.4, 0.5) is 0 Å². The summed E-state index contributed by atoms with van der Waals surface area (Å²) in [5, 5.41) is 0. The first-order valence-corrected chi connectivity index (χ1v) is 3.97. The summed E-state index contributed by atoms with van der Waals surface area (Å²) in [5.74, 6) is 0. The van der Waals surface area contributed by atoms with Crippen molar-refractivity contribution in [2.24, 2.45) is 0 Å². The van der Waals surface area contributed by atoms with Gasteiger partial charge in [-0.2, -0.15) is 10.4 Å². The molecule has 1 aliphatic rings. The first-order chi connectivity index (χ1) is 5.47. The Hall–Kier alpha value is -0.690.